The maximum Gasteiger partial charge on any atom is 0.358 e. The van der Waals surface area contributed by atoms with Crippen molar-refractivity contribution < 1.29 is 14.3 Å². The zero-order valence-corrected chi connectivity index (χ0v) is 10.5. The fourth-order valence-electron chi connectivity index (χ4n) is 1.08. The Morgan fingerprint density at radius 1 is 1.50 bits per heavy atom. The summed E-state index contributed by atoms with van der Waals surface area (Å²) in [6.07, 6.45) is 9.25. The minimum atomic E-state index is -0.479. The van der Waals surface area contributed by atoms with E-state index in [4.69, 9.17) is 15.9 Å². The second kappa shape index (κ2) is 7.28. The van der Waals surface area contributed by atoms with Crippen LogP contribution in [-0.4, -0.2) is 28.6 Å². The molecule has 0 aromatic carbocycles. The van der Waals surface area contributed by atoms with E-state index in [0.717, 1.165) is 12.8 Å². The topological polar surface area (TPSA) is 61.3 Å². The summed E-state index contributed by atoms with van der Waals surface area (Å²) in [7, 11) is 0. The van der Waals surface area contributed by atoms with E-state index in [2.05, 4.69) is 15.9 Å². The van der Waals surface area contributed by atoms with Crippen LogP contribution in [0.5, 0.6) is 5.88 Å². The molecule has 18 heavy (non-hydrogen) atoms. The molecular weight excluding hydrogens is 232 g/mol. The van der Waals surface area contributed by atoms with Gasteiger partial charge in [0, 0.05) is 0 Å². The number of aromatic nitrogens is 2. The van der Waals surface area contributed by atoms with Crippen molar-refractivity contribution in [3.8, 4) is 18.2 Å². The van der Waals surface area contributed by atoms with Gasteiger partial charge < -0.3 is 9.47 Å². The number of carbonyl (C=O) groups excluding carboxylic acids is 1. The van der Waals surface area contributed by atoms with Gasteiger partial charge in [-0.3, -0.25) is 0 Å². The number of rotatable bonds is 6. The molecule has 0 radical (unpaired) electrons. The summed E-state index contributed by atoms with van der Waals surface area (Å²) in [5, 5.41) is 0. The zero-order valence-electron chi connectivity index (χ0n) is 10.5. The Balaban J connectivity index is 2.54. The van der Waals surface area contributed by atoms with E-state index in [1.54, 1.807) is 6.92 Å². The van der Waals surface area contributed by atoms with Crippen LogP contribution in [0.1, 0.15) is 37.2 Å². The fourth-order valence-corrected chi connectivity index (χ4v) is 1.08. The van der Waals surface area contributed by atoms with Gasteiger partial charge in [0.2, 0.25) is 5.88 Å². The van der Waals surface area contributed by atoms with Gasteiger partial charge in [0.25, 0.3) is 0 Å². The predicted molar refractivity (Wildman–Crippen MR) is 66.1 cm³/mol. The van der Waals surface area contributed by atoms with Gasteiger partial charge in [-0.25, -0.2) is 14.8 Å². The van der Waals surface area contributed by atoms with Gasteiger partial charge in [-0.05, 0) is 13.3 Å². The standard InChI is InChI=1S/C13H16N2O3/c1-4-6-7-17-13(16)11-8-15-12(9-14-11)18-10(3)5-2/h2,8-10H,4,6-7H2,1,3H3. The number of hydrogen-bond donors (Lipinski definition) is 0. The second-order valence-corrected chi connectivity index (χ2v) is 3.66. The summed E-state index contributed by atoms with van der Waals surface area (Å²) in [5.74, 6) is 2.21. The minimum Gasteiger partial charge on any atom is -0.461 e. The fraction of sp³-hybridized carbons (Fsp3) is 0.462. The SMILES string of the molecule is C#CC(C)Oc1cnc(C(=O)OCCCC)cn1. The summed E-state index contributed by atoms with van der Waals surface area (Å²) in [4.78, 5) is 19.4. The lowest BCUT2D eigenvalue weighted by molar-refractivity contribution is 0.0492. The molecule has 1 heterocycles. The van der Waals surface area contributed by atoms with Crippen LogP contribution in [0.25, 0.3) is 0 Å². The van der Waals surface area contributed by atoms with E-state index in [1.165, 1.54) is 12.4 Å². The summed E-state index contributed by atoms with van der Waals surface area (Å²) in [6.45, 7) is 4.13. The number of esters is 1. The summed E-state index contributed by atoms with van der Waals surface area (Å²) in [6, 6.07) is 0. The molecule has 0 aliphatic carbocycles. The largest absolute Gasteiger partial charge is 0.461 e. The Hall–Kier alpha value is -2.09. The third-order valence-electron chi connectivity index (χ3n) is 2.10. The van der Waals surface area contributed by atoms with Crippen molar-refractivity contribution in [1.29, 1.82) is 0 Å². The molecule has 0 amide bonds. The van der Waals surface area contributed by atoms with Crippen molar-refractivity contribution >= 4 is 5.97 Å². The molecule has 0 saturated heterocycles. The van der Waals surface area contributed by atoms with Gasteiger partial charge in [-0.2, -0.15) is 0 Å². The quantitative estimate of drug-likeness (QED) is 0.436. The van der Waals surface area contributed by atoms with Gasteiger partial charge in [0.1, 0.15) is 0 Å². The first-order valence-electron chi connectivity index (χ1n) is 5.79. The van der Waals surface area contributed by atoms with Crippen LogP contribution in [0.2, 0.25) is 0 Å². The molecule has 5 nitrogen and oxygen atoms in total. The summed E-state index contributed by atoms with van der Waals surface area (Å²) >= 11 is 0. The zero-order chi connectivity index (χ0) is 13.4. The van der Waals surface area contributed by atoms with Crippen LogP contribution in [0.15, 0.2) is 12.4 Å². The van der Waals surface area contributed by atoms with Crippen LogP contribution >= 0.6 is 0 Å². The molecule has 1 atom stereocenters. The highest BCUT2D eigenvalue weighted by Crippen LogP contribution is 2.07. The van der Waals surface area contributed by atoms with Crippen LogP contribution in [0.4, 0.5) is 0 Å². The van der Waals surface area contributed by atoms with Gasteiger partial charge in [0.05, 0.1) is 19.0 Å². The molecule has 0 N–H and O–H groups in total. The number of carbonyl (C=O) groups is 1. The minimum absolute atomic E-state index is 0.159. The average molecular weight is 248 g/mol. The highest BCUT2D eigenvalue weighted by atomic mass is 16.5. The van der Waals surface area contributed by atoms with E-state index in [9.17, 15) is 4.79 Å². The van der Waals surface area contributed by atoms with E-state index in [-0.39, 0.29) is 17.7 Å². The molecule has 0 aliphatic heterocycles. The third-order valence-corrected chi connectivity index (χ3v) is 2.10. The number of hydrogen-bond acceptors (Lipinski definition) is 5. The lowest BCUT2D eigenvalue weighted by Crippen LogP contribution is -2.12. The summed E-state index contributed by atoms with van der Waals surface area (Å²) < 4.78 is 10.2. The molecule has 96 valence electrons. The molecule has 0 bridgehead atoms. The van der Waals surface area contributed by atoms with Gasteiger partial charge >= 0.3 is 5.97 Å². The van der Waals surface area contributed by atoms with Gasteiger partial charge in [0.15, 0.2) is 11.8 Å². The molecule has 0 aliphatic rings. The van der Waals surface area contributed by atoms with E-state index in [1.807, 2.05) is 6.92 Å². The first kappa shape index (κ1) is 14.0. The van der Waals surface area contributed by atoms with Crippen molar-refractivity contribution in [3.63, 3.8) is 0 Å². The second-order valence-electron chi connectivity index (χ2n) is 3.66. The van der Waals surface area contributed by atoms with E-state index < -0.39 is 5.97 Å². The lowest BCUT2D eigenvalue weighted by atomic mass is 10.4. The Bertz CT molecular complexity index is 423. The Kier molecular flexibility index (Phi) is 5.65. The number of unbranched alkanes of at least 4 members (excludes halogenated alkanes) is 1. The highest BCUT2D eigenvalue weighted by Gasteiger charge is 2.10. The van der Waals surface area contributed by atoms with Crippen molar-refractivity contribution in [2.75, 3.05) is 6.61 Å². The Morgan fingerprint density at radius 3 is 2.83 bits per heavy atom. The van der Waals surface area contributed by atoms with Gasteiger partial charge in [-0.1, -0.05) is 19.3 Å². The van der Waals surface area contributed by atoms with Crippen molar-refractivity contribution in [1.82, 2.24) is 9.97 Å². The smallest absolute Gasteiger partial charge is 0.358 e. The molecule has 1 aromatic heterocycles. The molecule has 1 unspecified atom stereocenters. The first-order chi connectivity index (χ1) is 8.67. The maximum atomic E-state index is 11.5. The highest BCUT2D eigenvalue weighted by molar-refractivity contribution is 5.86. The summed E-state index contributed by atoms with van der Waals surface area (Å²) in [5.41, 5.74) is 0.159. The molecule has 5 heteroatoms. The molecule has 0 spiro atoms. The van der Waals surface area contributed by atoms with Crippen LogP contribution in [0.3, 0.4) is 0 Å². The molecule has 1 aromatic rings. The first-order valence-corrected chi connectivity index (χ1v) is 5.79. The number of terminal acetylenes is 1. The van der Waals surface area contributed by atoms with E-state index >= 15 is 0 Å². The average Bonchev–Trinajstić information content (AvgIpc) is 2.39. The number of nitrogens with zero attached hydrogens (tertiary/aromatic N) is 2. The van der Waals surface area contributed by atoms with Gasteiger partial charge in [-0.15, -0.1) is 6.42 Å². The van der Waals surface area contributed by atoms with Crippen molar-refractivity contribution in [3.05, 3.63) is 18.1 Å². The van der Waals surface area contributed by atoms with Crippen molar-refractivity contribution in [2.24, 2.45) is 0 Å². The lowest BCUT2D eigenvalue weighted by Gasteiger charge is -2.07. The maximum absolute atomic E-state index is 11.5. The van der Waals surface area contributed by atoms with Crippen LogP contribution in [0, 0.1) is 12.3 Å². The number of ether oxygens (including phenoxy) is 2. The van der Waals surface area contributed by atoms with E-state index in [0.29, 0.717) is 6.61 Å². The normalized spacial score (nSPS) is 11.4. The molecule has 0 saturated carbocycles. The Labute approximate surface area is 107 Å². The molecule has 1 rings (SSSR count). The molecule has 0 fully saturated rings. The predicted octanol–water partition coefficient (Wildman–Crippen LogP) is 1.83. The van der Waals surface area contributed by atoms with Crippen molar-refractivity contribution in [2.45, 2.75) is 32.8 Å². The van der Waals surface area contributed by atoms with Crippen LogP contribution in [-0.2, 0) is 4.74 Å². The molecular formula is C13H16N2O3. The Morgan fingerprint density at radius 2 is 2.28 bits per heavy atom. The third kappa shape index (κ3) is 4.42. The monoisotopic (exact) mass is 248 g/mol. The van der Waals surface area contributed by atoms with Crippen LogP contribution < -0.4 is 4.74 Å².